The van der Waals surface area contributed by atoms with Gasteiger partial charge in [0.05, 0.1) is 0 Å². The summed E-state index contributed by atoms with van der Waals surface area (Å²) in [4.78, 5) is 25.8. The average Bonchev–Trinajstić information content (AvgIpc) is 2.98. The number of carbonyl (C=O) groups is 2. The van der Waals surface area contributed by atoms with Gasteiger partial charge in [0, 0.05) is 19.0 Å². The van der Waals surface area contributed by atoms with Crippen molar-refractivity contribution in [1.82, 2.24) is 15.5 Å². The molecule has 2 fully saturated rings. The van der Waals surface area contributed by atoms with Crippen LogP contribution < -0.4 is 10.6 Å². The minimum Gasteiger partial charge on any atom is -0.344 e. The summed E-state index contributed by atoms with van der Waals surface area (Å²) < 4.78 is 0. The molecule has 2 aliphatic heterocycles. The summed E-state index contributed by atoms with van der Waals surface area (Å²) in [6.45, 7) is 6.87. The third-order valence-electron chi connectivity index (χ3n) is 4.14. The number of carbonyl (C=O) groups excluding carboxylic acids is 2. The minimum atomic E-state index is -0.295. The first-order valence-electron chi connectivity index (χ1n) is 7.38. The number of nitrogens with one attached hydrogen (secondary N) is 2. The Labute approximate surface area is 115 Å². The van der Waals surface area contributed by atoms with Crippen molar-refractivity contribution < 1.29 is 9.59 Å². The van der Waals surface area contributed by atoms with E-state index in [2.05, 4.69) is 10.6 Å². The van der Waals surface area contributed by atoms with Gasteiger partial charge in [-0.05, 0) is 52.1 Å². The Morgan fingerprint density at radius 1 is 1.47 bits per heavy atom. The van der Waals surface area contributed by atoms with Gasteiger partial charge >= 0.3 is 0 Å². The second kappa shape index (κ2) is 6.37. The lowest BCUT2D eigenvalue weighted by atomic mass is 10.0. The molecule has 0 aliphatic carbocycles. The molecule has 2 heterocycles. The summed E-state index contributed by atoms with van der Waals surface area (Å²) in [6.07, 6.45) is 3.37. The topological polar surface area (TPSA) is 61.4 Å². The molecule has 0 saturated carbocycles. The van der Waals surface area contributed by atoms with Crippen molar-refractivity contribution in [1.29, 1.82) is 0 Å². The maximum atomic E-state index is 12.0. The summed E-state index contributed by atoms with van der Waals surface area (Å²) >= 11 is 0. The van der Waals surface area contributed by atoms with Crippen LogP contribution in [0.25, 0.3) is 0 Å². The van der Waals surface area contributed by atoms with E-state index < -0.39 is 0 Å². The number of hydrogen-bond donors (Lipinski definition) is 2. The molecule has 0 radical (unpaired) electrons. The molecule has 0 aromatic rings. The highest BCUT2D eigenvalue weighted by atomic mass is 16.2. The van der Waals surface area contributed by atoms with Crippen molar-refractivity contribution in [2.24, 2.45) is 5.92 Å². The summed E-state index contributed by atoms with van der Waals surface area (Å²) in [7, 11) is 0. The lowest BCUT2D eigenvalue weighted by molar-refractivity contribution is -0.133. The van der Waals surface area contributed by atoms with Gasteiger partial charge in [0.15, 0.2) is 0 Å². The van der Waals surface area contributed by atoms with E-state index in [-0.39, 0.29) is 23.9 Å². The number of rotatable bonds is 5. The van der Waals surface area contributed by atoms with Crippen LogP contribution in [0.2, 0.25) is 0 Å². The minimum absolute atomic E-state index is 0.0239. The van der Waals surface area contributed by atoms with Crippen molar-refractivity contribution >= 4 is 11.8 Å². The molecular weight excluding hydrogens is 242 g/mol. The van der Waals surface area contributed by atoms with E-state index in [1.165, 1.54) is 0 Å². The van der Waals surface area contributed by atoms with Crippen LogP contribution >= 0.6 is 0 Å². The maximum Gasteiger partial charge on any atom is 0.245 e. The zero-order chi connectivity index (χ0) is 13.8. The molecule has 2 aliphatic rings. The van der Waals surface area contributed by atoms with Crippen LogP contribution in [0.5, 0.6) is 0 Å². The summed E-state index contributed by atoms with van der Waals surface area (Å²) in [6, 6.07) is -0.0735. The fourth-order valence-corrected chi connectivity index (χ4v) is 2.91. The first-order valence-corrected chi connectivity index (χ1v) is 7.38. The zero-order valence-electron chi connectivity index (χ0n) is 11.9. The Kier molecular flexibility index (Phi) is 4.80. The quantitative estimate of drug-likeness (QED) is 0.762. The highest BCUT2D eigenvalue weighted by molar-refractivity contribution is 5.89. The van der Waals surface area contributed by atoms with Gasteiger partial charge in [-0.3, -0.25) is 9.59 Å². The van der Waals surface area contributed by atoms with Gasteiger partial charge in [-0.1, -0.05) is 0 Å². The molecule has 0 spiro atoms. The van der Waals surface area contributed by atoms with Crippen LogP contribution in [0.15, 0.2) is 0 Å². The predicted molar refractivity (Wildman–Crippen MR) is 73.6 cm³/mol. The first-order chi connectivity index (χ1) is 9.08. The molecule has 2 atom stereocenters. The van der Waals surface area contributed by atoms with Crippen molar-refractivity contribution in [2.75, 3.05) is 19.6 Å². The molecule has 108 valence electrons. The van der Waals surface area contributed by atoms with Crippen LogP contribution in [0.4, 0.5) is 0 Å². The van der Waals surface area contributed by atoms with Crippen LogP contribution in [-0.2, 0) is 9.59 Å². The van der Waals surface area contributed by atoms with E-state index in [0.29, 0.717) is 12.3 Å². The maximum absolute atomic E-state index is 12.0. The van der Waals surface area contributed by atoms with E-state index in [9.17, 15) is 9.59 Å². The molecule has 2 rings (SSSR count). The smallest absolute Gasteiger partial charge is 0.245 e. The van der Waals surface area contributed by atoms with Gasteiger partial charge in [-0.15, -0.1) is 0 Å². The second-order valence-electron chi connectivity index (χ2n) is 5.93. The van der Waals surface area contributed by atoms with Crippen molar-refractivity contribution in [3.8, 4) is 0 Å². The largest absolute Gasteiger partial charge is 0.344 e. The standard InChI is InChI=1S/C14H25N3O2/c1-10(2)17-8-6-12(14(17)19)16-13(18)4-3-11-5-7-15-9-11/h10-12,15H,3-9H2,1-2H3,(H,16,18). The SMILES string of the molecule is CC(C)N1CCC(NC(=O)CCC2CCNC2)C1=O. The van der Waals surface area contributed by atoms with Gasteiger partial charge in [0.1, 0.15) is 6.04 Å². The molecule has 2 saturated heterocycles. The van der Waals surface area contributed by atoms with Crippen LogP contribution in [0, 0.1) is 5.92 Å². The molecular formula is C14H25N3O2. The summed E-state index contributed by atoms with van der Waals surface area (Å²) in [5.74, 6) is 0.721. The predicted octanol–water partition coefficient (Wildman–Crippen LogP) is 0.502. The van der Waals surface area contributed by atoms with E-state index in [1.807, 2.05) is 18.7 Å². The normalized spacial score (nSPS) is 27.3. The molecule has 2 amide bonds. The number of likely N-dealkylation sites (tertiary alicyclic amines) is 1. The fourth-order valence-electron chi connectivity index (χ4n) is 2.91. The van der Waals surface area contributed by atoms with Gasteiger partial charge in [0.25, 0.3) is 0 Å². The Morgan fingerprint density at radius 3 is 2.84 bits per heavy atom. The monoisotopic (exact) mass is 267 g/mol. The Hall–Kier alpha value is -1.10. The van der Waals surface area contributed by atoms with Crippen LogP contribution in [-0.4, -0.2) is 48.4 Å². The zero-order valence-corrected chi connectivity index (χ0v) is 11.9. The van der Waals surface area contributed by atoms with Gasteiger partial charge in [0.2, 0.25) is 11.8 Å². The third-order valence-corrected chi connectivity index (χ3v) is 4.14. The van der Waals surface area contributed by atoms with E-state index in [0.717, 1.165) is 38.9 Å². The number of nitrogens with zero attached hydrogens (tertiary/aromatic N) is 1. The lowest BCUT2D eigenvalue weighted by Crippen LogP contribution is -2.43. The molecule has 5 nitrogen and oxygen atoms in total. The van der Waals surface area contributed by atoms with Crippen molar-refractivity contribution in [2.45, 2.75) is 51.6 Å². The van der Waals surface area contributed by atoms with Crippen LogP contribution in [0.3, 0.4) is 0 Å². The molecule has 2 unspecified atom stereocenters. The third kappa shape index (κ3) is 3.69. The number of hydrogen-bond acceptors (Lipinski definition) is 3. The highest BCUT2D eigenvalue weighted by Gasteiger charge is 2.33. The molecule has 19 heavy (non-hydrogen) atoms. The summed E-state index contributed by atoms with van der Waals surface area (Å²) in [5, 5.41) is 6.19. The van der Waals surface area contributed by atoms with E-state index in [1.54, 1.807) is 0 Å². The number of amides is 2. The second-order valence-corrected chi connectivity index (χ2v) is 5.93. The van der Waals surface area contributed by atoms with Gasteiger partial charge in [-0.25, -0.2) is 0 Å². The average molecular weight is 267 g/mol. The van der Waals surface area contributed by atoms with Crippen LogP contribution in [0.1, 0.15) is 39.5 Å². The molecule has 0 aromatic heterocycles. The van der Waals surface area contributed by atoms with Gasteiger partial charge < -0.3 is 15.5 Å². The summed E-state index contributed by atoms with van der Waals surface area (Å²) in [5.41, 5.74) is 0. The van der Waals surface area contributed by atoms with Crippen molar-refractivity contribution in [3.63, 3.8) is 0 Å². The van der Waals surface area contributed by atoms with Crippen molar-refractivity contribution in [3.05, 3.63) is 0 Å². The lowest BCUT2D eigenvalue weighted by Gasteiger charge is -2.21. The molecule has 0 bridgehead atoms. The van der Waals surface area contributed by atoms with E-state index >= 15 is 0 Å². The molecule has 0 aromatic carbocycles. The van der Waals surface area contributed by atoms with Gasteiger partial charge in [-0.2, -0.15) is 0 Å². The highest BCUT2D eigenvalue weighted by Crippen LogP contribution is 2.16. The first kappa shape index (κ1) is 14.3. The fraction of sp³-hybridized carbons (Fsp3) is 0.857. The Morgan fingerprint density at radius 2 is 2.26 bits per heavy atom. The Balaban J connectivity index is 1.72. The molecule has 5 heteroatoms. The molecule has 2 N–H and O–H groups in total. The Bertz CT molecular complexity index is 338. The van der Waals surface area contributed by atoms with E-state index in [4.69, 9.17) is 0 Å².